The number of rotatable bonds is 11. The number of hydrogen-bond acceptors (Lipinski definition) is 3. The van der Waals surface area contributed by atoms with Crippen molar-refractivity contribution in [1.82, 2.24) is 0 Å². The van der Waals surface area contributed by atoms with Crippen LogP contribution in [0.5, 0.6) is 0 Å². The van der Waals surface area contributed by atoms with Gasteiger partial charge in [-0.1, -0.05) is 70.6 Å². The third kappa shape index (κ3) is 7.49. The van der Waals surface area contributed by atoms with E-state index in [0.29, 0.717) is 11.8 Å². The van der Waals surface area contributed by atoms with Gasteiger partial charge in [-0.25, -0.2) is 0 Å². The van der Waals surface area contributed by atoms with Crippen molar-refractivity contribution >= 4 is 10.1 Å². The topological polar surface area (TPSA) is 43.4 Å². The second-order valence-corrected chi connectivity index (χ2v) is 8.28. The average Bonchev–Trinajstić information content (AvgIpc) is 2.52. The molecule has 132 valence electrons. The van der Waals surface area contributed by atoms with Crippen LogP contribution in [-0.2, 0) is 14.3 Å². The number of hydrogen-bond donors (Lipinski definition) is 0. The van der Waals surface area contributed by atoms with Crippen LogP contribution < -0.4 is 0 Å². The van der Waals surface area contributed by atoms with Gasteiger partial charge < -0.3 is 0 Å². The van der Waals surface area contributed by atoms with Crippen molar-refractivity contribution in [2.45, 2.75) is 71.1 Å². The Morgan fingerprint density at radius 1 is 1.09 bits per heavy atom. The van der Waals surface area contributed by atoms with Crippen molar-refractivity contribution in [3.05, 3.63) is 29.8 Å². The second kappa shape index (κ2) is 10.1. The van der Waals surface area contributed by atoms with Crippen molar-refractivity contribution in [2.75, 3.05) is 6.61 Å². The molecule has 0 saturated heterocycles. The van der Waals surface area contributed by atoms with E-state index in [0.717, 1.165) is 18.4 Å². The third-order valence-electron chi connectivity index (χ3n) is 4.38. The molecule has 3 nitrogen and oxygen atoms in total. The average molecular weight is 341 g/mol. The molecule has 0 fully saturated rings. The summed E-state index contributed by atoms with van der Waals surface area (Å²) >= 11 is 0. The summed E-state index contributed by atoms with van der Waals surface area (Å²) < 4.78 is 29.8. The van der Waals surface area contributed by atoms with Gasteiger partial charge in [0.05, 0.1) is 11.5 Å². The van der Waals surface area contributed by atoms with E-state index in [2.05, 4.69) is 20.8 Å². The quantitative estimate of drug-likeness (QED) is 0.404. The number of unbranched alkanes of at least 4 members (excludes halogenated alkanes) is 2. The molecule has 0 aliphatic heterocycles. The van der Waals surface area contributed by atoms with E-state index in [1.54, 1.807) is 24.3 Å². The zero-order valence-corrected chi connectivity index (χ0v) is 15.9. The second-order valence-electron chi connectivity index (χ2n) is 6.66. The predicted molar refractivity (Wildman–Crippen MR) is 96.0 cm³/mol. The summed E-state index contributed by atoms with van der Waals surface area (Å²) in [7, 11) is -3.64. The van der Waals surface area contributed by atoms with E-state index in [1.807, 2.05) is 6.92 Å². The van der Waals surface area contributed by atoms with Gasteiger partial charge in [0, 0.05) is 0 Å². The van der Waals surface area contributed by atoms with Gasteiger partial charge in [0.1, 0.15) is 0 Å². The van der Waals surface area contributed by atoms with Gasteiger partial charge in [-0.3, -0.25) is 4.18 Å². The maximum Gasteiger partial charge on any atom is 0.296 e. The molecule has 0 aromatic heterocycles. The van der Waals surface area contributed by atoms with Crippen LogP contribution in [0.3, 0.4) is 0 Å². The van der Waals surface area contributed by atoms with Gasteiger partial charge in [-0.2, -0.15) is 8.42 Å². The first-order valence-electron chi connectivity index (χ1n) is 8.85. The van der Waals surface area contributed by atoms with Gasteiger partial charge in [0.2, 0.25) is 0 Å². The summed E-state index contributed by atoms with van der Waals surface area (Å²) in [5.74, 6) is 0.920. The zero-order valence-electron chi connectivity index (χ0n) is 15.0. The van der Waals surface area contributed by atoms with Gasteiger partial charge in [-0.05, 0) is 37.3 Å². The van der Waals surface area contributed by atoms with Crippen molar-refractivity contribution in [3.8, 4) is 0 Å². The van der Waals surface area contributed by atoms with Crippen molar-refractivity contribution in [3.63, 3.8) is 0 Å². The molecule has 0 bridgehead atoms. The predicted octanol–water partition coefficient (Wildman–Crippen LogP) is 5.33. The highest BCUT2D eigenvalue weighted by Crippen LogP contribution is 2.23. The van der Waals surface area contributed by atoms with Crippen molar-refractivity contribution in [2.24, 2.45) is 11.8 Å². The summed E-state index contributed by atoms with van der Waals surface area (Å²) in [5.41, 5.74) is 1.04. The van der Waals surface area contributed by atoms with E-state index < -0.39 is 10.1 Å². The van der Waals surface area contributed by atoms with Gasteiger partial charge in [0.15, 0.2) is 0 Å². The Morgan fingerprint density at radius 3 is 2.30 bits per heavy atom. The normalized spacial score (nSPS) is 14.6. The molecule has 1 aromatic rings. The van der Waals surface area contributed by atoms with E-state index in [4.69, 9.17) is 4.18 Å². The molecule has 2 atom stereocenters. The largest absolute Gasteiger partial charge is 0.296 e. The summed E-state index contributed by atoms with van der Waals surface area (Å²) in [6.45, 7) is 8.79. The smallest absolute Gasteiger partial charge is 0.266 e. The first-order valence-corrected chi connectivity index (χ1v) is 10.3. The third-order valence-corrected chi connectivity index (χ3v) is 5.68. The Morgan fingerprint density at radius 2 is 1.74 bits per heavy atom. The summed E-state index contributed by atoms with van der Waals surface area (Å²) in [6, 6.07) is 6.81. The highest BCUT2D eigenvalue weighted by atomic mass is 32.2. The summed E-state index contributed by atoms with van der Waals surface area (Å²) in [4.78, 5) is 0.244. The fourth-order valence-corrected chi connectivity index (χ4v) is 3.72. The van der Waals surface area contributed by atoms with Crippen molar-refractivity contribution < 1.29 is 12.6 Å². The van der Waals surface area contributed by atoms with Gasteiger partial charge in [0.25, 0.3) is 10.1 Å². The lowest BCUT2D eigenvalue weighted by atomic mass is 9.91. The Bertz CT molecular complexity index is 534. The molecule has 0 heterocycles. The van der Waals surface area contributed by atoms with Crippen LogP contribution in [0.15, 0.2) is 29.2 Å². The van der Waals surface area contributed by atoms with Crippen LogP contribution in [0.1, 0.15) is 64.9 Å². The first kappa shape index (κ1) is 20.2. The van der Waals surface area contributed by atoms with E-state index in [-0.39, 0.29) is 11.5 Å². The van der Waals surface area contributed by atoms with Crippen LogP contribution in [0.4, 0.5) is 0 Å². The molecule has 0 aliphatic carbocycles. The fourth-order valence-electron chi connectivity index (χ4n) is 2.74. The summed E-state index contributed by atoms with van der Waals surface area (Å²) in [5, 5.41) is 0. The minimum atomic E-state index is -3.64. The molecular weight excluding hydrogens is 308 g/mol. The Hall–Kier alpha value is -0.870. The highest BCUT2D eigenvalue weighted by Gasteiger charge is 2.19. The van der Waals surface area contributed by atoms with E-state index >= 15 is 0 Å². The molecule has 1 aromatic carbocycles. The molecule has 0 unspecified atom stereocenters. The molecule has 0 spiro atoms. The van der Waals surface area contributed by atoms with Crippen molar-refractivity contribution in [1.29, 1.82) is 0 Å². The monoisotopic (exact) mass is 340 g/mol. The lowest BCUT2D eigenvalue weighted by molar-refractivity contribution is 0.220. The van der Waals surface area contributed by atoms with E-state index in [1.165, 1.54) is 25.7 Å². The van der Waals surface area contributed by atoms with Crippen LogP contribution in [-0.4, -0.2) is 15.0 Å². The Labute approximate surface area is 142 Å². The molecule has 0 amide bonds. The molecule has 23 heavy (non-hydrogen) atoms. The zero-order chi connectivity index (χ0) is 17.3. The maximum atomic E-state index is 12.2. The first-order chi connectivity index (χ1) is 10.9. The minimum absolute atomic E-state index is 0.244. The van der Waals surface area contributed by atoms with Crippen LogP contribution in [0, 0.1) is 18.8 Å². The summed E-state index contributed by atoms with van der Waals surface area (Å²) in [6.07, 6.45) is 6.97. The molecular formula is C19H32O3S. The molecule has 0 radical (unpaired) electrons. The standard InChI is InChI=1S/C19H32O3S/c1-5-7-8-9-17(4)14-18(6-2)15-22-23(20,21)19-12-10-16(3)11-13-19/h10-13,17-18H,5-9,14-15H2,1-4H3/t17-,18+/m0/s1. The van der Waals surface area contributed by atoms with Gasteiger partial charge in [-0.15, -0.1) is 0 Å². The van der Waals surface area contributed by atoms with E-state index in [9.17, 15) is 8.42 Å². The lowest BCUT2D eigenvalue weighted by Crippen LogP contribution is -2.16. The highest BCUT2D eigenvalue weighted by molar-refractivity contribution is 7.86. The van der Waals surface area contributed by atoms with Crippen LogP contribution in [0.25, 0.3) is 0 Å². The minimum Gasteiger partial charge on any atom is -0.266 e. The molecule has 0 saturated carbocycles. The lowest BCUT2D eigenvalue weighted by Gasteiger charge is -2.19. The Kier molecular flexibility index (Phi) is 8.85. The number of benzene rings is 1. The molecule has 4 heteroatoms. The molecule has 1 rings (SSSR count). The maximum absolute atomic E-state index is 12.2. The number of aryl methyl sites for hydroxylation is 1. The fraction of sp³-hybridized carbons (Fsp3) is 0.684. The van der Waals surface area contributed by atoms with Gasteiger partial charge >= 0.3 is 0 Å². The molecule has 0 N–H and O–H groups in total. The van der Waals surface area contributed by atoms with Crippen LogP contribution in [0.2, 0.25) is 0 Å². The Balaban J connectivity index is 2.51. The van der Waals surface area contributed by atoms with Crippen LogP contribution >= 0.6 is 0 Å². The SMILES string of the molecule is CCCCC[C@H](C)C[C@@H](CC)COS(=O)(=O)c1ccc(C)cc1. The molecule has 0 aliphatic rings.